The molecule has 0 spiro atoms. The Morgan fingerprint density at radius 2 is 1.87 bits per heavy atom. The van der Waals surface area contributed by atoms with Crippen molar-refractivity contribution in [2.24, 2.45) is 5.92 Å². The monoisotopic (exact) mass is 220 g/mol. The maximum atomic E-state index is 12.7. The van der Waals surface area contributed by atoms with Crippen LogP contribution in [0.15, 0.2) is 0 Å². The molecule has 1 saturated heterocycles. The molecule has 2 aliphatic rings. The van der Waals surface area contributed by atoms with Crippen LogP contribution in [-0.4, -0.2) is 47.1 Å². The summed E-state index contributed by atoms with van der Waals surface area (Å²) in [6.07, 6.45) is -2.77. The smallest absolute Gasteiger partial charge is 0.163 e. The van der Waals surface area contributed by atoms with Crippen LogP contribution in [0, 0.1) is 5.92 Å². The molecule has 5 heteroatoms. The number of halogens is 1. The molecule has 5 atom stereocenters. The van der Waals surface area contributed by atoms with E-state index in [4.69, 9.17) is 9.47 Å². The summed E-state index contributed by atoms with van der Waals surface area (Å²) in [6, 6.07) is 0. The third kappa shape index (κ3) is 1.89. The fourth-order valence-electron chi connectivity index (χ4n) is 2.40. The van der Waals surface area contributed by atoms with Crippen LogP contribution in [0.3, 0.4) is 0 Å². The maximum Gasteiger partial charge on any atom is 0.163 e. The van der Waals surface area contributed by atoms with Gasteiger partial charge in [0.05, 0.1) is 18.9 Å². The van der Waals surface area contributed by atoms with E-state index >= 15 is 0 Å². The van der Waals surface area contributed by atoms with Crippen LogP contribution in [0.25, 0.3) is 0 Å². The van der Waals surface area contributed by atoms with E-state index in [1.54, 1.807) is 13.8 Å². The van der Waals surface area contributed by atoms with E-state index in [0.717, 1.165) is 0 Å². The second kappa shape index (κ2) is 3.66. The Hall–Kier alpha value is -0.230. The number of aliphatic hydroxyl groups is 2. The van der Waals surface area contributed by atoms with Gasteiger partial charge in [-0.2, -0.15) is 0 Å². The second-order valence-corrected chi connectivity index (χ2v) is 4.77. The first-order chi connectivity index (χ1) is 6.94. The van der Waals surface area contributed by atoms with Gasteiger partial charge in [-0.05, 0) is 20.3 Å². The third-order valence-electron chi connectivity index (χ3n) is 3.10. The molecule has 88 valence electrons. The lowest BCUT2D eigenvalue weighted by atomic mass is 9.81. The number of rotatable bonds is 1. The van der Waals surface area contributed by atoms with E-state index in [9.17, 15) is 14.6 Å². The van der Waals surface area contributed by atoms with Crippen molar-refractivity contribution < 1.29 is 24.1 Å². The van der Waals surface area contributed by atoms with Crippen molar-refractivity contribution in [3.05, 3.63) is 0 Å². The largest absolute Gasteiger partial charge is 0.390 e. The van der Waals surface area contributed by atoms with Crippen molar-refractivity contribution in [3.8, 4) is 0 Å². The summed E-state index contributed by atoms with van der Waals surface area (Å²) in [5.74, 6) is -1.21. The molecule has 0 radical (unpaired) electrons. The van der Waals surface area contributed by atoms with Crippen LogP contribution in [0.4, 0.5) is 4.39 Å². The topological polar surface area (TPSA) is 58.9 Å². The summed E-state index contributed by atoms with van der Waals surface area (Å²) in [4.78, 5) is 0. The van der Waals surface area contributed by atoms with Crippen LogP contribution in [0.5, 0.6) is 0 Å². The summed E-state index contributed by atoms with van der Waals surface area (Å²) < 4.78 is 23.8. The zero-order valence-corrected chi connectivity index (χ0v) is 8.89. The first-order valence-electron chi connectivity index (χ1n) is 5.22. The van der Waals surface area contributed by atoms with Crippen LogP contribution < -0.4 is 0 Å². The van der Waals surface area contributed by atoms with Gasteiger partial charge < -0.3 is 19.7 Å². The molecule has 1 aliphatic heterocycles. The number of aliphatic hydroxyl groups excluding tert-OH is 2. The standard InChI is InChI=1S/C10H17FO4/c1-10(2)14-8-5(4-11)3-6(12)7(13)9(8)15-10/h5-9,12-13H,3-4H2,1-2H3/t5-,6+,7-,8-,9+/m1/s1. The van der Waals surface area contributed by atoms with Gasteiger partial charge in [-0.1, -0.05) is 0 Å². The highest BCUT2D eigenvalue weighted by Crippen LogP contribution is 2.40. The van der Waals surface area contributed by atoms with E-state index in [0.29, 0.717) is 0 Å². The Morgan fingerprint density at radius 3 is 2.47 bits per heavy atom. The van der Waals surface area contributed by atoms with E-state index in [1.807, 2.05) is 0 Å². The van der Waals surface area contributed by atoms with E-state index in [1.165, 1.54) is 0 Å². The number of hydrogen-bond donors (Lipinski definition) is 2. The van der Waals surface area contributed by atoms with Crippen molar-refractivity contribution in [2.75, 3.05) is 6.67 Å². The van der Waals surface area contributed by atoms with Gasteiger partial charge in [-0.15, -0.1) is 0 Å². The van der Waals surface area contributed by atoms with Crippen molar-refractivity contribution >= 4 is 0 Å². The summed E-state index contributed by atoms with van der Waals surface area (Å²) in [7, 11) is 0. The number of alkyl halides is 1. The van der Waals surface area contributed by atoms with Crippen molar-refractivity contribution in [3.63, 3.8) is 0 Å². The highest BCUT2D eigenvalue weighted by Gasteiger charge is 2.53. The summed E-state index contributed by atoms with van der Waals surface area (Å²) in [6.45, 7) is 2.88. The molecule has 2 rings (SSSR count). The van der Waals surface area contributed by atoms with Crippen molar-refractivity contribution in [1.82, 2.24) is 0 Å². The average Bonchev–Trinajstić information content (AvgIpc) is 2.48. The van der Waals surface area contributed by atoms with Gasteiger partial charge in [-0.25, -0.2) is 0 Å². The second-order valence-electron chi connectivity index (χ2n) is 4.77. The van der Waals surface area contributed by atoms with Gasteiger partial charge in [-0.3, -0.25) is 4.39 Å². The molecule has 1 aliphatic carbocycles. The number of fused-ring (bicyclic) bond motifs is 1. The molecule has 4 nitrogen and oxygen atoms in total. The molecule has 2 fully saturated rings. The predicted octanol–water partition coefficient (Wildman–Crippen LogP) is 0.218. The molecule has 2 N–H and O–H groups in total. The van der Waals surface area contributed by atoms with Crippen molar-refractivity contribution in [1.29, 1.82) is 0 Å². The van der Waals surface area contributed by atoms with E-state index in [2.05, 4.69) is 0 Å². The van der Waals surface area contributed by atoms with Gasteiger partial charge in [0.25, 0.3) is 0 Å². The molecule has 0 bridgehead atoms. The minimum Gasteiger partial charge on any atom is -0.390 e. The Kier molecular flexibility index (Phi) is 2.75. The van der Waals surface area contributed by atoms with Gasteiger partial charge in [0.15, 0.2) is 5.79 Å². The Bertz CT molecular complexity index is 238. The van der Waals surface area contributed by atoms with Crippen LogP contribution in [0.2, 0.25) is 0 Å². The first kappa shape index (κ1) is 11.3. The lowest BCUT2D eigenvalue weighted by Crippen LogP contribution is -2.52. The molecular formula is C10H17FO4. The van der Waals surface area contributed by atoms with Crippen LogP contribution in [0.1, 0.15) is 20.3 Å². The normalized spacial score (nSPS) is 49.0. The van der Waals surface area contributed by atoms with Gasteiger partial charge in [0.2, 0.25) is 0 Å². The van der Waals surface area contributed by atoms with E-state index < -0.39 is 42.8 Å². The molecular weight excluding hydrogens is 203 g/mol. The minimum atomic E-state index is -0.987. The fraction of sp³-hybridized carbons (Fsp3) is 1.00. The lowest BCUT2D eigenvalue weighted by molar-refractivity contribution is -0.159. The lowest BCUT2D eigenvalue weighted by Gasteiger charge is -2.36. The summed E-state index contributed by atoms with van der Waals surface area (Å²) in [5.41, 5.74) is 0. The van der Waals surface area contributed by atoms with Crippen molar-refractivity contribution in [2.45, 2.75) is 50.5 Å². The van der Waals surface area contributed by atoms with Crippen LogP contribution in [-0.2, 0) is 9.47 Å². The first-order valence-corrected chi connectivity index (χ1v) is 5.22. The highest BCUT2D eigenvalue weighted by atomic mass is 19.1. The third-order valence-corrected chi connectivity index (χ3v) is 3.10. The van der Waals surface area contributed by atoms with Crippen LogP contribution >= 0.6 is 0 Å². The molecule has 0 aromatic carbocycles. The highest BCUT2D eigenvalue weighted by molar-refractivity contribution is 4.98. The SMILES string of the molecule is CC1(C)O[C@@H]2[C@@H](CF)C[C@H](O)[C@@H](O)[C@@H]2O1. The number of hydrogen-bond acceptors (Lipinski definition) is 4. The molecule has 0 aromatic heterocycles. The Balaban J connectivity index is 2.18. The summed E-state index contributed by atoms with van der Waals surface area (Å²) in [5, 5.41) is 19.3. The Morgan fingerprint density at radius 1 is 1.27 bits per heavy atom. The molecule has 1 saturated carbocycles. The zero-order valence-electron chi connectivity index (χ0n) is 8.89. The maximum absolute atomic E-state index is 12.7. The van der Waals surface area contributed by atoms with E-state index in [-0.39, 0.29) is 6.42 Å². The average molecular weight is 220 g/mol. The number of ether oxygens (including phenoxy) is 2. The quantitative estimate of drug-likeness (QED) is 0.663. The predicted molar refractivity (Wildman–Crippen MR) is 49.9 cm³/mol. The van der Waals surface area contributed by atoms with Gasteiger partial charge >= 0.3 is 0 Å². The Labute approximate surface area is 88.0 Å². The fourth-order valence-corrected chi connectivity index (χ4v) is 2.40. The summed E-state index contributed by atoms with van der Waals surface area (Å²) >= 11 is 0. The molecule has 0 aromatic rings. The molecule has 1 heterocycles. The van der Waals surface area contributed by atoms with Gasteiger partial charge in [0, 0.05) is 5.92 Å². The zero-order chi connectivity index (χ0) is 11.2. The minimum absolute atomic E-state index is 0.221. The molecule has 15 heavy (non-hydrogen) atoms. The molecule has 0 amide bonds. The van der Waals surface area contributed by atoms with Gasteiger partial charge in [0.1, 0.15) is 12.2 Å². The molecule has 0 unspecified atom stereocenters.